The molecular weight excluding hydrogens is 553 g/mol. The number of rotatable bonds is 7. The van der Waals surface area contributed by atoms with Crippen LogP contribution >= 0.6 is 35.0 Å². The zero-order valence-corrected chi connectivity index (χ0v) is 23.7. The molecule has 204 valence electrons. The highest BCUT2D eigenvalue weighted by atomic mass is 35.5. The number of halogens is 2. The van der Waals surface area contributed by atoms with Crippen LogP contribution in [-0.2, 0) is 25.5 Å². The first-order chi connectivity index (χ1) is 17.9. The predicted molar refractivity (Wildman–Crippen MR) is 148 cm³/mol. The summed E-state index contributed by atoms with van der Waals surface area (Å²) in [6.45, 7) is 5.25. The summed E-state index contributed by atoms with van der Waals surface area (Å²) in [5.41, 5.74) is 0.660. The molecule has 1 unspecified atom stereocenters. The van der Waals surface area contributed by atoms with Crippen LogP contribution in [0.4, 0.5) is 10.5 Å². The van der Waals surface area contributed by atoms with Gasteiger partial charge in [0.2, 0.25) is 5.91 Å². The molecule has 1 saturated heterocycles. The van der Waals surface area contributed by atoms with E-state index in [1.54, 1.807) is 63.2 Å². The largest absolute Gasteiger partial charge is 0.467 e. The van der Waals surface area contributed by atoms with Crippen LogP contribution in [-0.4, -0.2) is 65.2 Å². The Morgan fingerprint density at radius 2 is 1.71 bits per heavy atom. The molecule has 2 aromatic carbocycles. The van der Waals surface area contributed by atoms with Crippen LogP contribution in [0.25, 0.3) is 0 Å². The molecule has 38 heavy (non-hydrogen) atoms. The Bertz CT molecular complexity index is 1180. The van der Waals surface area contributed by atoms with E-state index in [-0.39, 0.29) is 22.0 Å². The third kappa shape index (κ3) is 7.78. The maximum absolute atomic E-state index is 13.1. The summed E-state index contributed by atoms with van der Waals surface area (Å²) in [5, 5.41) is 5.91. The maximum atomic E-state index is 13.1. The summed E-state index contributed by atoms with van der Waals surface area (Å²) in [4.78, 5) is 52.1. The normalized spacial score (nSPS) is 15.9. The molecule has 0 bridgehead atoms. The number of hydrogen-bond acceptors (Lipinski definition) is 7. The van der Waals surface area contributed by atoms with Crippen LogP contribution in [0.2, 0.25) is 10.0 Å². The zero-order chi connectivity index (χ0) is 28.0. The third-order valence-electron chi connectivity index (χ3n) is 5.46. The van der Waals surface area contributed by atoms with Crippen LogP contribution in [0, 0.1) is 0 Å². The van der Waals surface area contributed by atoms with Crippen LogP contribution in [0.3, 0.4) is 0 Å². The number of ether oxygens (including phenoxy) is 2. The van der Waals surface area contributed by atoms with Gasteiger partial charge in [-0.15, -0.1) is 11.8 Å². The van der Waals surface area contributed by atoms with Crippen molar-refractivity contribution in [2.24, 2.45) is 0 Å². The van der Waals surface area contributed by atoms with E-state index in [0.717, 1.165) is 0 Å². The molecule has 0 aliphatic carbocycles. The summed E-state index contributed by atoms with van der Waals surface area (Å²) in [6, 6.07) is 9.77. The smallest absolute Gasteiger partial charge is 0.411 e. The summed E-state index contributed by atoms with van der Waals surface area (Å²) < 4.78 is 10.3. The lowest BCUT2D eigenvalue weighted by Gasteiger charge is -2.28. The van der Waals surface area contributed by atoms with Gasteiger partial charge in [0, 0.05) is 17.9 Å². The van der Waals surface area contributed by atoms with Crippen LogP contribution in [0.1, 0.15) is 36.7 Å². The minimum Gasteiger partial charge on any atom is -0.467 e. The molecule has 1 heterocycles. The standard InChI is InChI=1S/C26H29Cl2N3O6S/c1-26(2,3)37-25(35)31-14-38-13-20(31)22(32)30-19(24(34)36-4)12-15-8-10-16(11-9-15)29-23(33)21-17(27)6-5-7-18(21)28/h5-11,19-20H,12-14H2,1-4H3,(H,29,33)(H,30,32)/t19-,20?/m0/s1. The molecule has 0 radical (unpaired) electrons. The Balaban J connectivity index is 1.66. The van der Waals surface area contributed by atoms with Gasteiger partial charge in [-0.1, -0.05) is 41.4 Å². The second-order valence-corrected chi connectivity index (χ2v) is 11.3. The summed E-state index contributed by atoms with van der Waals surface area (Å²) in [6.07, 6.45) is -0.456. The SMILES string of the molecule is COC(=O)[C@H](Cc1ccc(NC(=O)c2c(Cl)cccc2Cl)cc1)NC(=O)C1CSCN1C(=O)OC(C)(C)C. The van der Waals surface area contributed by atoms with Gasteiger partial charge in [-0.05, 0) is 50.6 Å². The first kappa shape index (κ1) is 29.6. The number of esters is 1. The average molecular weight is 583 g/mol. The van der Waals surface area contributed by atoms with Gasteiger partial charge < -0.3 is 20.1 Å². The Kier molecular flexibility index (Phi) is 9.92. The first-order valence-corrected chi connectivity index (χ1v) is 13.6. The molecule has 2 N–H and O–H groups in total. The van der Waals surface area contributed by atoms with Gasteiger partial charge in [0.05, 0.1) is 28.6 Å². The van der Waals surface area contributed by atoms with Gasteiger partial charge in [0.15, 0.2) is 0 Å². The van der Waals surface area contributed by atoms with Crippen molar-refractivity contribution in [1.29, 1.82) is 0 Å². The van der Waals surface area contributed by atoms with Crippen molar-refractivity contribution in [3.05, 3.63) is 63.6 Å². The summed E-state index contributed by atoms with van der Waals surface area (Å²) in [7, 11) is 1.23. The Morgan fingerprint density at radius 1 is 1.08 bits per heavy atom. The Morgan fingerprint density at radius 3 is 2.29 bits per heavy atom. The van der Waals surface area contributed by atoms with Crippen LogP contribution in [0.5, 0.6) is 0 Å². The highest BCUT2D eigenvalue weighted by Gasteiger charge is 2.38. The van der Waals surface area contributed by atoms with E-state index < -0.39 is 41.6 Å². The molecule has 3 amide bonds. The van der Waals surface area contributed by atoms with Gasteiger partial charge in [-0.3, -0.25) is 14.5 Å². The molecule has 0 saturated carbocycles. The molecule has 2 atom stereocenters. The Hall–Kier alpha value is -2.95. The second kappa shape index (κ2) is 12.7. The highest BCUT2D eigenvalue weighted by Crippen LogP contribution is 2.26. The van der Waals surface area contributed by atoms with Gasteiger partial charge in [-0.25, -0.2) is 9.59 Å². The van der Waals surface area contributed by atoms with E-state index in [4.69, 9.17) is 32.7 Å². The van der Waals surface area contributed by atoms with E-state index in [2.05, 4.69) is 10.6 Å². The van der Waals surface area contributed by atoms with Crippen molar-refractivity contribution in [1.82, 2.24) is 10.2 Å². The van der Waals surface area contributed by atoms with Crippen molar-refractivity contribution in [3.63, 3.8) is 0 Å². The van der Waals surface area contributed by atoms with Gasteiger partial charge in [0.1, 0.15) is 17.7 Å². The Labute approximate surface area is 235 Å². The minimum atomic E-state index is -0.985. The van der Waals surface area contributed by atoms with Gasteiger partial charge in [0.25, 0.3) is 5.91 Å². The number of benzene rings is 2. The minimum absolute atomic E-state index is 0.134. The number of carbonyl (C=O) groups excluding carboxylic acids is 4. The quantitative estimate of drug-likeness (QED) is 0.453. The van der Waals surface area contributed by atoms with Crippen molar-refractivity contribution >= 4 is 64.5 Å². The molecule has 1 aliphatic heterocycles. The predicted octanol–water partition coefficient (Wildman–Crippen LogP) is 4.76. The lowest BCUT2D eigenvalue weighted by molar-refractivity contribution is -0.145. The number of anilines is 1. The number of amides is 3. The third-order valence-corrected chi connectivity index (χ3v) is 7.10. The van der Waals surface area contributed by atoms with E-state index >= 15 is 0 Å². The number of thioether (sulfide) groups is 1. The van der Waals surface area contributed by atoms with E-state index in [1.807, 2.05) is 0 Å². The van der Waals surface area contributed by atoms with Crippen molar-refractivity contribution in [2.75, 3.05) is 24.1 Å². The summed E-state index contributed by atoms with van der Waals surface area (Å²) >= 11 is 13.6. The van der Waals surface area contributed by atoms with E-state index in [9.17, 15) is 19.2 Å². The molecular formula is C26H29Cl2N3O6S. The highest BCUT2D eigenvalue weighted by molar-refractivity contribution is 7.99. The molecule has 0 spiro atoms. The molecule has 2 aromatic rings. The molecule has 3 rings (SSSR count). The average Bonchev–Trinajstić information content (AvgIpc) is 3.33. The number of nitrogens with zero attached hydrogens (tertiary/aromatic N) is 1. The fraction of sp³-hybridized carbons (Fsp3) is 0.385. The molecule has 9 nitrogen and oxygen atoms in total. The number of nitrogens with one attached hydrogen (secondary N) is 2. The lowest BCUT2D eigenvalue weighted by atomic mass is 10.0. The topological polar surface area (TPSA) is 114 Å². The zero-order valence-electron chi connectivity index (χ0n) is 21.4. The molecule has 12 heteroatoms. The number of carbonyl (C=O) groups is 4. The number of methoxy groups -OCH3 is 1. The second-order valence-electron chi connectivity index (χ2n) is 9.50. The van der Waals surface area contributed by atoms with Crippen LogP contribution in [0.15, 0.2) is 42.5 Å². The molecule has 0 aromatic heterocycles. The first-order valence-electron chi connectivity index (χ1n) is 11.7. The van der Waals surface area contributed by atoms with Crippen molar-refractivity contribution in [3.8, 4) is 0 Å². The monoisotopic (exact) mass is 581 g/mol. The van der Waals surface area contributed by atoms with Gasteiger partial charge in [-0.2, -0.15) is 0 Å². The fourth-order valence-electron chi connectivity index (χ4n) is 3.63. The molecule has 1 aliphatic rings. The van der Waals surface area contributed by atoms with Crippen molar-refractivity contribution < 1.29 is 28.7 Å². The fourth-order valence-corrected chi connectivity index (χ4v) is 5.34. The van der Waals surface area contributed by atoms with Gasteiger partial charge >= 0.3 is 12.1 Å². The van der Waals surface area contributed by atoms with E-state index in [0.29, 0.717) is 22.9 Å². The maximum Gasteiger partial charge on any atom is 0.411 e. The summed E-state index contributed by atoms with van der Waals surface area (Å²) in [5.74, 6) is -0.877. The van der Waals surface area contributed by atoms with E-state index in [1.165, 1.54) is 23.8 Å². The lowest BCUT2D eigenvalue weighted by Crippen LogP contribution is -2.53. The van der Waals surface area contributed by atoms with Crippen molar-refractivity contribution in [2.45, 2.75) is 44.9 Å². The number of hydrogen-bond donors (Lipinski definition) is 2. The molecule has 1 fully saturated rings. The van der Waals surface area contributed by atoms with Crippen LogP contribution < -0.4 is 10.6 Å².